The molecule has 7 heteroatoms. The highest BCUT2D eigenvalue weighted by atomic mass is 32.2. The zero-order chi connectivity index (χ0) is 20.2. The van der Waals surface area contributed by atoms with Gasteiger partial charge >= 0.3 is 0 Å². The molecule has 0 spiro atoms. The second kappa shape index (κ2) is 8.73. The van der Waals surface area contributed by atoms with Crippen LogP contribution in [0, 0.1) is 6.92 Å². The summed E-state index contributed by atoms with van der Waals surface area (Å²) in [5.74, 6) is 0.345. The number of hydrogen-bond acceptors (Lipinski definition) is 4. The second-order valence-electron chi connectivity index (χ2n) is 7.12. The van der Waals surface area contributed by atoms with Crippen molar-refractivity contribution in [2.24, 2.45) is 0 Å². The standard InChI is InChI=1S/C20H29N3O3S/c1-15-7-12-19(26-6)20(13-15)27(24,25)21-14-18(23(4)5)16-8-10-17(11-9-16)22(2)3/h7-13,18,21H,14H2,1-6H3/p+1/t18-/m1/s1. The van der Waals surface area contributed by atoms with Gasteiger partial charge in [0.1, 0.15) is 16.7 Å². The molecule has 0 radical (unpaired) electrons. The lowest BCUT2D eigenvalue weighted by Gasteiger charge is -2.23. The molecule has 0 aliphatic heterocycles. The Bertz CT molecular complexity index is 863. The van der Waals surface area contributed by atoms with Gasteiger partial charge < -0.3 is 14.5 Å². The summed E-state index contributed by atoms with van der Waals surface area (Å²) in [5.41, 5.74) is 3.06. The lowest BCUT2D eigenvalue weighted by Crippen LogP contribution is -3.07. The van der Waals surface area contributed by atoms with E-state index < -0.39 is 10.0 Å². The lowest BCUT2D eigenvalue weighted by molar-refractivity contribution is -0.890. The van der Waals surface area contributed by atoms with E-state index in [1.807, 2.05) is 58.2 Å². The van der Waals surface area contributed by atoms with Gasteiger partial charge in [-0.15, -0.1) is 0 Å². The molecule has 148 valence electrons. The van der Waals surface area contributed by atoms with Crippen molar-refractivity contribution in [2.45, 2.75) is 17.9 Å². The van der Waals surface area contributed by atoms with Gasteiger partial charge in [-0.3, -0.25) is 0 Å². The minimum Gasteiger partial charge on any atom is -0.495 e. The van der Waals surface area contributed by atoms with Crippen LogP contribution in [-0.2, 0) is 10.0 Å². The number of nitrogens with zero attached hydrogens (tertiary/aromatic N) is 1. The first-order valence-corrected chi connectivity index (χ1v) is 10.4. The maximum absolute atomic E-state index is 12.9. The number of sulfonamides is 1. The number of methoxy groups -OCH3 is 1. The molecule has 0 saturated heterocycles. The molecular formula is C20H30N3O3S+. The average Bonchev–Trinajstić information content (AvgIpc) is 2.62. The first-order valence-electron chi connectivity index (χ1n) is 8.87. The van der Waals surface area contributed by atoms with Gasteiger partial charge in [0, 0.05) is 25.3 Å². The predicted octanol–water partition coefficient (Wildman–Crippen LogP) is 1.23. The van der Waals surface area contributed by atoms with Crippen molar-refractivity contribution < 1.29 is 18.1 Å². The van der Waals surface area contributed by atoms with Gasteiger partial charge in [-0.05, 0) is 36.8 Å². The first-order chi connectivity index (χ1) is 12.7. The molecular weight excluding hydrogens is 362 g/mol. The average molecular weight is 393 g/mol. The van der Waals surface area contributed by atoms with Gasteiger partial charge in [0.25, 0.3) is 0 Å². The summed E-state index contributed by atoms with van der Waals surface area (Å²) in [4.78, 5) is 3.35. The van der Waals surface area contributed by atoms with E-state index >= 15 is 0 Å². The fourth-order valence-corrected chi connectivity index (χ4v) is 4.22. The summed E-state index contributed by atoms with van der Waals surface area (Å²) in [6, 6.07) is 13.3. The number of likely N-dealkylation sites (N-methyl/N-ethyl adjacent to an activating group) is 1. The van der Waals surface area contributed by atoms with E-state index in [9.17, 15) is 8.42 Å². The number of anilines is 1. The molecule has 27 heavy (non-hydrogen) atoms. The van der Waals surface area contributed by atoms with Gasteiger partial charge in [0.05, 0.1) is 27.7 Å². The Kier molecular flexibility index (Phi) is 6.86. The van der Waals surface area contributed by atoms with Crippen molar-refractivity contribution in [3.8, 4) is 5.75 Å². The minimum atomic E-state index is -3.68. The quantitative estimate of drug-likeness (QED) is 0.709. The summed E-state index contributed by atoms with van der Waals surface area (Å²) in [6.07, 6.45) is 0. The second-order valence-corrected chi connectivity index (χ2v) is 8.86. The molecule has 0 fully saturated rings. The van der Waals surface area contributed by atoms with Crippen LogP contribution in [0.3, 0.4) is 0 Å². The van der Waals surface area contributed by atoms with Crippen LogP contribution in [0.25, 0.3) is 0 Å². The van der Waals surface area contributed by atoms with E-state index in [0.717, 1.165) is 21.7 Å². The summed E-state index contributed by atoms with van der Waals surface area (Å²) in [7, 11) is 5.82. The summed E-state index contributed by atoms with van der Waals surface area (Å²) in [6.45, 7) is 2.15. The molecule has 1 atom stereocenters. The molecule has 0 aliphatic rings. The Labute approximate surface area is 162 Å². The number of hydrogen-bond donors (Lipinski definition) is 2. The van der Waals surface area contributed by atoms with Crippen LogP contribution in [0.15, 0.2) is 47.4 Å². The fraction of sp³-hybridized carbons (Fsp3) is 0.400. The van der Waals surface area contributed by atoms with Crippen LogP contribution in [0.5, 0.6) is 5.75 Å². The maximum atomic E-state index is 12.9. The largest absolute Gasteiger partial charge is 0.495 e. The lowest BCUT2D eigenvalue weighted by atomic mass is 10.1. The molecule has 6 nitrogen and oxygen atoms in total. The first kappa shape index (κ1) is 21.2. The molecule has 0 unspecified atom stereocenters. The molecule has 0 aliphatic carbocycles. The molecule has 2 rings (SSSR count). The van der Waals surface area contributed by atoms with Crippen molar-refractivity contribution in [2.75, 3.05) is 46.7 Å². The van der Waals surface area contributed by atoms with Gasteiger partial charge in [-0.2, -0.15) is 0 Å². The van der Waals surface area contributed by atoms with Crippen molar-refractivity contribution in [1.82, 2.24) is 4.72 Å². The van der Waals surface area contributed by atoms with Crippen molar-refractivity contribution >= 4 is 15.7 Å². The predicted molar refractivity (Wildman–Crippen MR) is 109 cm³/mol. The van der Waals surface area contributed by atoms with Gasteiger partial charge in [-0.25, -0.2) is 13.1 Å². The Hall–Kier alpha value is -2.09. The minimum absolute atomic E-state index is 0.00760. The maximum Gasteiger partial charge on any atom is 0.244 e. The van der Waals surface area contributed by atoms with Crippen LogP contribution < -0.4 is 19.3 Å². The van der Waals surface area contributed by atoms with Crippen molar-refractivity contribution in [3.05, 3.63) is 53.6 Å². The Morgan fingerprint density at radius 3 is 2.26 bits per heavy atom. The van der Waals surface area contributed by atoms with Crippen molar-refractivity contribution in [3.63, 3.8) is 0 Å². The van der Waals surface area contributed by atoms with E-state index in [0.29, 0.717) is 12.3 Å². The fourth-order valence-electron chi connectivity index (χ4n) is 2.92. The summed E-state index contributed by atoms with van der Waals surface area (Å²) >= 11 is 0. The van der Waals surface area contributed by atoms with Crippen LogP contribution >= 0.6 is 0 Å². The summed E-state index contributed by atoms with van der Waals surface area (Å²) < 4.78 is 33.7. The van der Waals surface area contributed by atoms with Crippen molar-refractivity contribution in [1.29, 1.82) is 0 Å². The molecule has 0 bridgehead atoms. The molecule has 2 aromatic rings. The molecule has 0 saturated carbocycles. The highest BCUT2D eigenvalue weighted by molar-refractivity contribution is 7.89. The van der Waals surface area contributed by atoms with Crippen LogP contribution in [0.2, 0.25) is 0 Å². The molecule has 0 aromatic heterocycles. The van der Waals surface area contributed by atoms with E-state index in [4.69, 9.17) is 4.74 Å². The van der Waals surface area contributed by atoms with E-state index in [1.165, 1.54) is 7.11 Å². The van der Waals surface area contributed by atoms with E-state index in [1.54, 1.807) is 12.1 Å². The molecule has 2 N–H and O–H groups in total. The molecule has 0 amide bonds. The molecule has 0 heterocycles. The zero-order valence-corrected chi connectivity index (χ0v) is 17.7. The van der Waals surface area contributed by atoms with Crippen LogP contribution in [0.4, 0.5) is 5.69 Å². The number of nitrogens with one attached hydrogen (secondary N) is 2. The van der Waals surface area contributed by atoms with Gasteiger partial charge in [0.2, 0.25) is 10.0 Å². The normalized spacial score (nSPS) is 12.9. The van der Waals surface area contributed by atoms with Crippen LogP contribution in [0.1, 0.15) is 17.2 Å². The number of quaternary nitrogens is 1. The number of ether oxygens (including phenoxy) is 1. The Morgan fingerprint density at radius 2 is 1.74 bits per heavy atom. The third kappa shape index (κ3) is 5.22. The third-order valence-corrected chi connectivity index (χ3v) is 6.04. The smallest absolute Gasteiger partial charge is 0.244 e. The van der Waals surface area contributed by atoms with E-state index in [-0.39, 0.29) is 10.9 Å². The number of aryl methyl sites for hydroxylation is 1. The monoisotopic (exact) mass is 392 g/mol. The highest BCUT2D eigenvalue weighted by Crippen LogP contribution is 2.25. The van der Waals surface area contributed by atoms with Gasteiger partial charge in [-0.1, -0.05) is 18.2 Å². The highest BCUT2D eigenvalue weighted by Gasteiger charge is 2.24. The number of rotatable bonds is 8. The third-order valence-electron chi connectivity index (χ3n) is 4.59. The summed E-state index contributed by atoms with van der Waals surface area (Å²) in [5, 5.41) is 0. The zero-order valence-electron chi connectivity index (χ0n) is 16.9. The van der Waals surface area contributed by atoms with E-state index in [2.05, 4.69) is 16.9 Å². The Morgan fingerprint density at radius 1 is 1.11 bits per heavy atom. The Balaban J connectivity index is 2.24. The topological polar surface area (TPSA) is 63.1 Å². The number of benzene rings is 2. The van der Waals surface area contributed by atoms with Crippen LogP contribution in [-0.4, -0.2) is 50.3 Å². The SMILES string of the molecule is COc1ccc(C)cc1S(=O)(=O)NC[C@H](c1ccc(N(C)C)cc1)[NH+](C)C. The molecule has 2 aromatic carbocycles. The van der Waals surface area contributed by atoms with Gasteiger partial charge in [0.15, 0.2) is 0 Å².